The number of methoxy groups -OCH3 is 1. The van der Waals surface area contributed by atoms with Crippen LogP contribution in [-0.2, 0) is 29.2 Å². The van der Waals surface area contributed by atoms with Gasteiger partial charge in [-0.2, -0.15) is 0 Å². The summed E-state index contributed by atoms with van der Waals surface area (Å²) >= 11 is 0. The Bertz CT molecular complexity index is 804. The Labute approximate surface area is 187 Å². The number of rotatable bonds is 12. The van der Waals surface area contributed by atoms with Gasteiger partial charge in [0.05, 0.1) is 19.3 Å². The minimum Gasteiger partial charge on any atom is -0.493 e. The quantitative estimate of drug-likeness (QED) is 0.302. The van der Waals surface area contributed by atoms with Gasteiger partial charge in [0.25, 0.3) is 0 Å². The average molecular weight is 428 g/mol. The molecule has 0 atom stereocenters. The molecule has 2 N–H and O–H groups in total. The molecular weight excluding hydrogens is 390 g/mol. The van der Waals surface area contributed by atoms with E-state index in [1.165, 1.54) is 16.7 Å². The van der Waals surface area contributed by atoms with Crippen LogP contribution in [0.2, 0.25) is 0 Å². The molecule has 0 unspecified atom stereocenters. The highest BCUT2D eigenvalue weighted by Crippen LogP contribution is 2.20. The summed E-state index contributed by atoms with van der Waals surface area (Å²) < 4.78 is 16.7. The van der Waals surface area contributed by atoms with Gasteiger partial charge in [-0.3, -0.25) is 4.99 Å². The maximum atomic E-state index is 5.97. The fourth-order valence-electron chi connectivity index (χ4n) is 2.93. The van der Waals surface area contributed by atoms with Gasteiger partial charge in [-0.05, 0) is 43.5 Å². The van der Waals surface area contributed by atoms with Gasteiger partial charge in [-0.1, -0.05) is 36.4 Å². The first-order valence-corrected chi connectivity index (χ1v) is 10.9. The molecular formula is C25H37N3O3. The Morgan fingerprint density at radius 3 is 2.35 bits per heavy atom. The molecule has 0 saturated heterocycles. The first kappa shape index (κ1) is 24.7. The third-order valence-electron chi connectivity index (χ3n) is 4.71. The minimum absolute atomic E-state index is 0.237. The van der Waals surface area contributed by atoms with Crippen LogP contribution in [0.4, 0.5) is 0 Å². The molecule has 31 heavy (non-hydrogen) atoms. The SMILES string of the molecule is CN=C(NCc1ccc(COC(C)C)cc1)NCc1ccc(C)cc1OCCCOC. The lowest BCUT2D eigenvalue weighted by molar-refractivity contribution is 0.0657. The van der Waals surface area contributed by atoms with E-state index >= 15 is 0 Å². The summed E-state index contributed by atoms with van der Waals surface area (Å²) in [5, 5.41) is 6.74. The van der Waals surface area contributed by atoms with Crippen LogP contribution in [0.25, 0.3) is 0 Å². The second-order valence-corrected chi connectivity index (χ2v) is 7.76. The molecule has 2 rings (SSSR count). The van der Waals surface area contributed by atoms with Crippen LogP contribution in [-0.4, -0.2) is 39.4 Å². The summed E-state index contributed by atoms with van der Waals surface area (Å²) in [5.41, 5.74) is 4.64. The number of hydrogen-bond donors (Lipinski definition) is 2. The number of nitrogens with zero attached hydrogens (tertiary/aromatic N) is 1. The van der Waals surface area contributed by atoms with Crippen molar-refractivity contribution in [3.63, 3.8) is 0 Å². The van der Waals surface area contributed by atoms with Gasteiger partial charge in [0.2, 0.25) is 0 Å². The first-order valence-electron chi connectivity index (χ1n) is 10.9. The molecule has 0 heterocycles. The lowest BCUT2D eigenvalue weighted by Gasteiger charge is -2.16. The lowest BCUT2D eigenvalue weighted by Crippen LogP contribution is -2.36. The zero-order valence-electron chi connectivity index (χ0n) is 19.5. The third kappa shape index (κ3) is 9.40. The molecule has 0 bridgehead atoms. The molecule has 6 heteroatoms. The number of guanidine groups is 1. The summed E-state index contributed by atoms with van der Waals surface area (Å²) in [7, 11) is 3.48. The fourth-order valence-corrected chi connectivity index (χ4v) is 2.93. The van der Waals surface area contributed by atoms with Crippen molar-refractivity contribution < 1.29 is 14.2 Å². The predicted octanol–water partition coefficient (Wildman–Crippen LogP) is 4.20. The van der Waals surface area contributed by atoms with Crippen molar-refractivity contribution in [1.82, 2.24) is 10.6 Å². The Hall–Kier alpha value is -2.57. The highest BCUT2D eigenvalue weighted by Gasteiger charge is 2.06. The monoisotopic (exact) mass is 427 g/mol. The summed E-state index contributed by atoms with van der Waals surface area (Å²) in [6, 6.07) is 14.7. The number of benzene rings is 2. The van der Waals surface area contributed by atoms with Crippen LogP contribution in [0.5, 0.6) is 5.75 Å². The molecule has 6 nitrogen and oxygen atoms in total. The van der Waals surface area contributed by atoms with Crippen molar-refractivity contribution in [2.24, 2.45) is 4.99 Å². The number of aliphatic imine (C=N–C) groups is 1. The van der Waals surface area contributed by atoms with Gasteiger partial charge in [-0.25, -0.2) is 0 Å². The molecule has 0 saturated carbocycles. The average Bonchev–Trinajstić information content (AvgIpc) is 2.77. The summed E-state index contributed by atoms with van der Waals surface area (Å²) in [6.07, 6.45) is 1.10. The van der Waals surface area contributed by atoms with Crippen LogP contribution in [0.1, 0.15) is 42.5 Å². The summed E-state index contributed by atoms with van der Waals surface area (Å²) in [6.45, 7) is 9.45. The molecule has 0 fully saturated rings. The molecule has 0 spiro atoms. The lowest BCUT2D eigenvalue weighted by atomic mass is 10.1. The van der Waals surface area contributed by atoms with Crippen molar-refractivity contribution in [1.29, 1.82) is 0 Å². The Balaban J connectivity index is 1.85. The largest absolute Gasteiger partial charge is 0.493 e. The maximum absolute atomic E-state index is 5.97. The maximum Gasteiger partial charge on any atom is 0.191 e. The van der Waals surface area contributed by atoms with Crippen LogP contribution < -0.4 is 15.4 Å². The van der Waals surface area contributed by atoms with E-state index in [0.717, 1.165) is 23.7 Å². The Morgan fingerprint density at radius 2 is 1.68 bits per heavy atom. The van der Waals surface area contributed by atoms with E-state index < -0.39 is 0 Å². The smallest absolute Gasteiger partial charge is 0.191 e. The first-order chi connectivity index (χ1) is 15.0. The number of nitrogens with one attached hydrogen (secondary N) is 2. The van der Waals surface area contributed by atoms with Crippen molar-refractivity contribution in [3.05, 3.63) is 64.7 Å². The van der Waals surface area contributed by atoms with Gasteiger partial charge in [0.15, 0.2) is 5.96 Å². The number of aryl methyl sites for hydroxylation is 1. The Kier molecular flexibility index (Phi) is 10.9. The van der Waals surface area contributed by atoms with E-state index in [1.54, 1.807) is 14.2 Å². The summed E-state index contributed by atoms with van der Waals surface area (Å²) in [5.74, 6) is 1.65. The minimum atomic E-state index is 0.237. The zero-order chi connectivity index (χ0) is 22.5. The van der Waals surface area contributed by atoms with Gasteiger partial charge in [0, 0.05) is 45.8 Å². The van der Waals surface area contributed by atoms with Crippen molar-refractivity contribution in [2.75, 3.05) is 27.4 Å². The highest BCUT2D eigenvalue weighted by atomic mass is 16.5. The second kappa shape index (κ2) is 13.7. The molecule has 2 aromatic carbocycles. The van der Waals surface area contributed by atoms with Crippen molar-refractivity contribution >= 4 is 5.96 Å². The van der Waals surface area contributed by atoms with Gasteiger partial charge in [0.1, 0.15) is 5.75 Å². The van der Waals surface area contributed by atoms with E-state index in [0.29, 0.717) is 32.9 Å². The van der Waals surface area contributed by atoms with Crippen LogP contribution >= 0.6 is 0 Å². The predicted molar refractivity (Wildman–Crippen MR) is 127 cm³/mol. The molecule has 0 amide bonds. The second-order valence-electron chi connectivity index (χ2n) is 7.76. The number of ether oxygens (including phenoxy) is 3. The third-order valence-corrected chi connectivity index (χ3v) is 4.71. The van der Waals surface area contributed by atoms with E-state index in [9.17, 15) is 0 Å². The van der Waals surface area contributed by atoms with Crippen LogP contribution in [0.3, 0.4) is 0 Å². The fraction of sp³-hybridized carbons (Fsp3) is 0.480. The molecule has 0 aliphatic carbocycles. The van der Waals surface area contributed by atoms with Gasteiger partial charge >= 0.3 is 0 Å². The van der Waals surface area contributed by atoms with Crippen LogP contribution in [0, 0.1) is 6.92 Å². The summed E-state index contributed by atoms with van der Waals surface area (Å²) in [4.78, 5) is 4.34. The molecule has 0 aromatic heterocycles. The van der Waals surface area contributed by atoms with Crippen LogP contribution in [0.15, 0.2) is 47.5 Å². The molecule has 0 aliphatic rings. The van der Waals surface area contributed by atoms with Crippen molar-refractivity contribution in [2.45, 2.75) is 53.0 Å². The standard InChI is InChI=1S/C25H37N3O3/c1-19(2)31-18-22-10-8-21(9-11-22)16-27-25(26-4)28-17-23-12-7-20(3)15-24(23)30-14-6-13-29-5/h7-12,15,19H,6,13-14,16-18H2,1-5H3,(H2,26,27,28). The molecule has 2 aromatic rings. The molecule has 170 valence electrons. The topological polar surface area (TPSA) is 64.1 Å². The van der Waals surface area contributed by atoms with E-state index in [4.69, 9.17) is 14.2 Å². The highest BCUT2D eigenvalue weighted by molar-refractivity contribution is 5.79. The van der Waals surface area contributed by atoms with Crippen molar-refractivity contribution in [3.8, 4) is 5.75 Å². The molecule has 0 radical (unpaired) electrons. The zero-order valence-corrected chi connectivity index (χ0v) is 19.5. The van der Waals surface area contributed by atoms with E-state index in [1.807, 2.05) is 13.8 Å². The van der Waals surface area contributed by atoms with Gasteiger partial charge in [-0.15, -0.1) is 0 Å². The van der Waals surface area contributed by atoms with Gasteiger partial charge < -0.3 is 24.8 Å². The Morgan fingerprint density at radius 1 is 0.968 bits per heavy atom. The van der Waals surface area contributed by atoms with E-state index in [2.05, 4.69) is 65.0 Å². The number of hydrogen-bond acceptors (Lipinski definition) is 4. The normalized spacial score (nSPS) is 11.6. The molecule has 0 aliphatic heterocycles. The van der Waals surface area contributed by atoms with E-state index in [-0.39, 0.29) is 6.10 Å².